The zero-order valence-corrected chi connectivity index (χ0v) is 27.0. The van der Waals surface area contributed by atoms with Crippen LogP contribution in [0.4, 0.5) is 23.1 Å². The average molecular weight is 651 g/mol. The van der Waals surface area contributed by atoms with Crippen molar-refractivity contribution in [2.24, 2.45) is 0 Å². The zero-order chi connectivity index (χ0) is 32.3. The Morgan fingerprint density at radius 3 is 2.53 bits per heavy atom. The van der Waals surface area contributed by atoms with E-state index >= 15 is 0 Å². The van der Waals surface area contributed by atoms with Crippen LogP contribution in [0.5, 0.6) is 5.75 Å². The van der Waals surface area contributed by atoms with Gasteiger partial charge in [-0.3, -0.25) is 9.59 Å². The first-order chi connectivity index (χ1) is 21.5. The van der Waals surface area contributed by atoms with Gasteiger partial charge in [-0.1, -0.05) is 23.8 Å². The molecular weight excluding hydrogens is 617 g/mol. The number of hydrogen-bond acceptors (Lipinski definition) is 11. The maximum Gasteiger partial charge on any atom is 0.269 e. The summed E-state index contributed by atoms with van der Waals surface area (Å²) in [5.74, 6) is 0.457. The standard InChI is InChI=1S/C30H34N8O5S2/c1-18-6-9-20(10-7-18)45(41,42)38-14-12-21-27(33-22-13-15-44-26(22)29(40)31-2)35-30(36-28(21)38)34-23-16-19(8-11-24(23)43-5)32-25(39)17-37(3)4/h6-16,22,26H,17H2,1-5H3,(H,31,40)(H,32,39)(H2,33,34,35,36). The summed E-state index contributed by atoms with van der Waals surface area (Å²) in [4.78, 5) is 36.1. The van der Waals surface area contributed by atoms with Gasteiger partial charge in [-0.05, 0) is 62.8 Å². The number of fused-ring (bicyclic) bond motifs is 1. The molecule has 4 N–H and O–H groups in total. The van der Waals surface area contributed by atoms with Gasteiger partial charge in [0.1, 0.15) is 16.8 Å². The van der Waals surface area contributed by atoms with Crippen LogP contribution in [0.3, 0.4) is 0 Å². The lowest BCUT2D eigenvalue weighted by Gasteiger charge is -2.20. The van der Waals surface area contributed by atoms with Crippen LogP contribution < -0.4 is 26.0 Å². The predicted molar refractivity (Wildman–Crippen MR) is 177 cm³/mol. The minimum atomic E-state index is -4.03. The van der Waals surface area contributed by atoms with Crippen molar-refractivity contribution in [2.45, 2.75) is 23.1 Å². The van der Waals surface area contributed by atoms with Crippen LogP contribution in [0.1, 0.15) is 5.56 Å². The number of benzene rings is 2. The Hall–Kier alpha value is -4.60. The summed E-state index contributed by atoms with van der Waals surface area (Å²) in [6, 6.07) is 12.8. The number of carbonyl (C=O) groups is 2. The smallest absolute Gasteiger partial charge is 0.269 e. The van der Waals surface area contributed by atoms with Gasteiger partial charge in [0.05, 0.1) is 35.7 Å². The predicted octanol–water partition coefficient (Wildman–Crippen LogP) is 3.38. The Labute approximate surface area is 265 Å². The molecule has 5 rings (SSSR count). The molecule has 0 saturated carbocycles. The Morgan fingerprint density at radius 2 is 1.84 bits per heavy atom. The molecule has 2 aromatic heterocycles. The summed E-state index contributed by atoms with van der Waals surface area (Å²) >= 11 is 1.37. The fourth-order valence-corrected chi connectivity index (χ4v) is 7.01. The van der Waals surface area contributed by atoms with E-state index in [0.29, 0.717) is 28.3 Å². The molecule has 2 amide bonds. The van der Waals surface area contributed by atoms with Crippen molar-refractivity contribution in [3.63, 3.8) is 0 Å². The number of likely N-dealkylation sites (N-methyl/N-ethyl adjacent to an activating group) is 1. The molecule has 0 spiro atoms. The molecule has 1 aliphatic heterocycles. The molecule has 0 saturated heterocycles. The van der Waals surface area contributed by atoms with Gasteiger partial charge in [-0.15, -0.1) is 11.8 Å². The SMILES string of the molecule is CNC(=O)C1SC=CC1Nc1nc(Nc2cc(NC(=O)CN(C)C)ccc2OC)nc2c1ccn2S(=O)(=O)c1ccc(C)cc1. The molecule has 13 nitrogen and oxygen atoms in total. The van der Waals surface area contributed by atoms with E-state index in [9.17, 15) is 18.0 Å². The summed E-state index contributed by atoms with van der Waals surface area (Å²) in [5.41, 5.74) is 1.99. The van der Waals surface area contributed by atoms with Crippen molar-refractivity contribution in [1.29, 1.82) is 0 Å². The first kappa shape index (κ1) is 31.8. The highest BCUT2D eigenvalue weighted by molar-refractivity contribution is 8.03. The Morgan fingerprint density at radius 1 is 1.09 bits per heavy atom. The topological polar surface area (TPSA) is 160 Å². The zero-order valence-electron chi connectivity index (χ0n) is 25.4. The molecule has 15 heteroatoms. The number of amides is 2. The minimum Gasteiger partial charge on any atom is -0.495 e. The van der Waals surface area contributed by atoms with E-state index in [1.807, 2.05) is 18.4 Å². The van der Waals surface area contributed by atoms with Crippen molar-refractivity contribution in [1.82, 2.24) is 24.2 Å². The van der Waals surface area contributed by atoms with Gasteiger partial charge in [-0.2, -0.15) is 9.97 Å². The monoisotopic (exact) mass is 650 g/mol. The average Bonchev–Trinajstić information content (AvgIpc) is 3.64. The summed E-state index contributed by atoms with van der Waals surface area (Å²) in [5, 5.41) is 13.8. The van der Waals surface area contributed by atoms with Crippen LogP contribution in [0.2, 0.25) is 0 Å². The Balaban J connectivity index is 1.59. The van der Waals surface area contributed by atoms with Gasteiger partial charge in [0.25, 0.3) is 10.0 Å². The number of thioether (sulfide) groups is 1. The molecular formula is C30H34N8O5S2. The number of ether oxygens (including phenoxy) is 1. The van der Waals surface area contributed by atoms with E-state index in [-0.39, 0.29) is 34.9 Å². The highest BCUT2D eigenvalue weighted by Crippen LogP contribution is 2.34. The lowest BCUT2D eigenvalue weighted by molar-refractivity contribution is -0.120. The number of aromatic nitrogens is 3. The fourth-order valence-electron chi connectivity index (χ4n) is 4.72. The van der Waals surface area contributed by atoms with Crippen LogP contribution in [0, 0.1) is 6.92 Å². The molecule has 4 aromatic rings. The number of aryl methyl sites for hydroxylation is 1. The number of hydrogen-bond donors (Lipinski definition) is 4. The molecule has 0 aliphatic carbocycles. The number of rotatable bonds is 11. The number of anilines is 4. The lowest BCUT2D eigenvalue weighted by atomic mass is 10.2. The molecule has 236 valence electrons. The summed E-state index contributed by atoms with van der Waals surface area (Å²) in [6.45, 7) is 2.07. The molecule has 3 heterocycles. The number of carbonyl (C=O) groups excluding carboxylic acids is 2. The number of nitrogens with zero attached hydrogens (tertiary/aromatic N) is 4. The summed E-state index contributed by atoms with van der Waals surface area (Å²) < 4.78 is 34.2. The maximum atomic E-state index is 13.8. The second-order valence-corrected chi connectivity index (χ2v) is 13.4. The maximum absolute atomic E-state index is 13.8. The van der Waals surface area contributed by atoms with E-state index in [0.717, 1.165) is 9.54 Å². The Kier molecular flexibility index (Phi) is 9.32. The van der Waals surface area contributed by atoms with Gasteiger partial charge in [0.15, 0.2) is 5.65 Å². The molecule has 1 aliphatic rings. The minimum absolute atomic E-state index is 0.0604. The van der Waals surface area contributed by atoms with Crippen molar-refractivity contribution >= 4 is 67.8 Å². The van der Waals surface area contributed by atoms with E-state index in [1.165, 1.54) is 25.1 Å². The number of nitrogens with one attached hydrogen (secondary N) is 4. The van der Waals surface area contributed by atoms with Crippen LogP contribution in [0.25, 0.3) is 11.0 Å². The molecule has 0 bridgehead atoms. The largest absolute Gasteiger partial charge is 0.495 e. The van der Waals surface area contributed by atoms with Crippen LogP contribution in [-0.2, 0) is 19.6 Å². The second-order valence-electron chi connectivity index (χ2n) is 10.6. The summed E-state index contributed by atoms with van der Waals surface area (Å²) in [7, 11) is 2.64. The van der Waals surface area contributed by atoms with Gasteiger partial charge >= 0.3 is 0 Å². The molecule has 2 atom stereocenters. The van der Waals surface area contributed by atoms with Crippen LogP contribution >= 0.6 is 11.8 Å². The molecule has 2 unspecified atom stereocenters. The third-order valence-corrected chi connectivity index (χ3v) is 9.72. The summed E-state index contributed by atoms with van der Waals surface area (Å²) in [6.07, 6.45) is 3.29. The van der Waals surface area contributed by atoms with E-state index in [1.54, 1.807) is 74.6 Å². The Bertz CT molecular complexity index is 1870. The van der Waals surface area contributed by atoms with Gasteiger partial charge in [0.2, 0.25) is 17.8 Å². The van der Waals surface area contributed by atoms with Gasteiger partial charge < -0.3 is 30.9 Å². The fraction of sp³-hybridized carbons (Fsp3) is 0.267. The first-order valence-corrected chi connectivity index (χ1v) is 16.3. The van der Waals surface area contributed by atoms with Crippen molar-refractivity contribution < 1.29 is 22.7 Å². The third-order valence-electron chi connectivity index (χ3n) is 6.92. The molecule has 45 heavy (non-hydrogen) atoms. The molecule has 0 radical (unpaired) electrons. The lowest BCUT2D eigenvalue weighted by Crippen LogP contribution is -2.39. The normalized spacial score (nSPS) is 16.1. The van der Waals surface area contributed by atoms with E-state index in [4.69, 9.17) is 9.72 Å². The van der Waals surface area contributed by atoms with Crippen molar-refractivity contribution in [3.05, 3.63) is 71.8 Å². The highest BCUT2D eigenvalue weighted by Gasteiger charge is 2.31. The third kappa shape index (κ3) is 6.90. The van der Waals surface area contributed by atoms with E-state index in [2.05, 4.69) is 26.3 Å². The van der Waals surface area contributed by atoms with Crippen molar-refractivity contribution in [3.8, 4) is 5.75 Å². The van der Waals surface area contributed by atoms with Crippen molar-refractivity contribution in [2.75, 3.05) is 50.7 Å². The van der Waals surface area contributed by atoms with E-state index < -0.39 is 21.3 Å². The number of methoxy groups -OCH3 is 1. The van der Waals surface area contributed by atoms with Crippen LogP contribution in [0.15, 0.2) is 71.1 Å². The molecule has 0 fully saturated rings. The quantitative estimate of drug-likeness (QED) is 0.189. The van der Waals surface area contributed by atoms with Gasteiger partial charge in [-0.25, -0.2) is 12.4 Å². The van der Waals surface area contributed by atoms with Gasteiger partial charge in [0, 0.05) is 18.9 Å². The second kappa shape index (κ2) is 13.2. The highest BCUT2D eigenvalue weighted by atomic mass is 32.2. The molecule has 2 aromatic carbocycles. The van der Waals surface area contributed by atoms with Crippen LogP contribution in [-0.4, -0.2) is 85.2 Å². The first-order valence-electron chi connectivity index (χ1n) is 13.9.